The number of aromatic nitrogens is 5. The number of oxazole rings is 1. The third-order valence-corrected chi connectivity index (χ3v) is 5.61. The van der Waals surface area contributed by atoms with Gasteiger partial charge >= 0.3 is 0 Å². The van der Waals surface area contributed by atoms with Crippen molar-refractivity contribution in [3.8, 4) is 0 Å². The zero-order chi connectivity index (χ0) is 17.7. The molecule has 8 heteroatoms. The average Bonchev–Trinajstić information content (AvgIpc) is 3.11. The molecule has 3 aromatic rings. The molecule has 26 heavy (non-hydrogen) atoms. The molecule has 1 saturated carbocycles. The van der Waals surface area contributed by atoms with Gasteiger partial charge in [-0.25, -0.2) is 4.98 Å². The number of hydrogen-bond acceptors (Lipinski definition) is 7. The van der Waals surface area contributed by atoms with Gasteiger partial charge < -0.3 is 9.32 Å². The van der Waals surface area contributed by atoms with Crippen LogP contribution in [0.2, 0.25) is 0 Å². The second-order valence-corrected chi connectivity index (χ2v) is 7.49. The van der Waals surface area contributed by atoms with Crippen molar-refractivity contribution < 1.29 is 4.42 Å². The zero-order valence-electron chi connectivity index (χ0n) is 15.2. The van der Waals surface area contributed by atoms with E-state index >= 15 is 0 Å². The lowest BCUT2D eigenvalue weighted by Gasteiger charge is -2.44. The van der Waals surface area contributed by atoms with Crippen LogP contribution < -0.4 is 4.90 Å². The van der Waals surface area contributed by atoms with Crippen molar-refractivity contribution in [2.75, 3.05) is 25.0 Å². The summed E-state index contributed by atoms with van der Waals surface area (Å²) < 4.78 is 7.52. The number of likely N-dealkylation sites (N-methyl/N-ethyl adjacent to an activating group) is 1. The Kier molecular flexibility index (Phi) is 3.66. The first kappa shape index (κ1) is 15.7. The zero-order valence-corrected chi connectivity index (χ0v) is 15.2. The third-order valence-electron chi connectivity index (χ3n) is 5.61. The van der Waals surface area contributed by atoms with E-state index in [9.17, 15) is 0 Å². The van der Waals surface area contributed by atoms with Gasteiger partial charge in [0.2, 0.25) is 5.89 Å². The minimum atomic E-state index is 0.478. The Balaban J connectivity index is 1.26. The summed E-state index contributed by atoms with van der Waals surface area (Å²) >= 11 is 0. The summed E-state index contributed by atoms with van der Waals surface area (Å²) in [7, 11) is 2.12. The van der Waals surface area contributed by atoms with E-state index in [0.29, 0.717) is 12.0 Å². The minimum Gasteiger partial charge on any atom is -0.445 e. The second kappa shape index (κ2) is 6.05. The topological polar surface area (TPSA) is 75.6 Å². The van der Waals surface area contributed by atoms with Crippen LogP contribution in [0.25, 0.3) is 5.65 Å². The van der Waals surface area contributed by atoms with Crippen molar-refractivity contribution in [1.82, 2.24) is 29.7 Å². The van der Waals surface area contributed by atoms with Crippen molar-refractivity contribution >= 4 is 11.5 Å². The predicted molar refractivity (Wildman–Crippen MR) is 96.1 cm³/mol. The Hall–Kier alpha value is -2.48. The van der Waals surface area contributed by atoms with Gasteiger partial charge in [-0.3, -0.25) is 4.90 Å². The van der Waals surface area contributed by atoms with Gasteiger partial charge in [-0.05, 0) is 38.9 Å². The number of rotatable bonds is 5. The van der Waals surface area contributed by atoms with E-state index in [2.05, 4.69) is 32.0 Å². The Morgan fingerprint density at radius 1 is 1.23 bits per heavy atom. The van der Waals surface area contributed by atoms with E-state index in [4.69, 9.17) is 9.52 Å². The van der Waals surface area contributed by atoms with Crippen molar-refractivity contribution in [3.63, 3.8) is 0 Å². The van der Waals surface area contributed by atoms with E-state index < -0.39 is 0 Å². The molecule has 0 unspecified atom stereocenters. The molecule has 4 heterocycles. The first-order valence-corrected chi connectivity index (χ1v) is 9.26. The number of anilines is 1. The highest BCUT2D eigenvalue weighted by Gasteiger charge is 2.32. The molecule has 1 aliphatic heterocycles. The van der Waals surface area contributed by atoms with E-state index in [1.165, 1.54) is 19.3 Å². The van der Waals surface area contributed by atoms with Crippen molar-refractivity contribution in [2.24, 2.45) is 0 Å². The number of nitrogens with zero attached hydrogens (tertiary/aromatic N) is 7. The average molecular weight is 353 g/mol. The maximum atomic E-state index is 5.58. The molecule has 0 aromatic carbocycles. The van der Waals surface area contributed by atoms with E-state index in [1.54, 1.807) is 6.20 Å². The molecule has 3 aromatic heterocycles. The molecule has 1 saturated heterocycles. The van der Waals surface area contributed by atoms with Crippen LogP contribution in [0.3, 0.4) is 0 Å². The smallest absolute Gasteiger partial charge is 0.208 e. The fourth-order valence-corrected chi connectivity index (χ4v) is 3.62. The van der Waals surface area contributed by atoms with Gasteiger partial charge in [-0.1, -0.05) is 6.42 Å². The van der Waals surface area contributed by atoms with Crippen LogP contribution >= 0.6 is 0 Å². The summed E-state index contributed by atoms with van der Waals surface area (Å²) in [6, 6.07) is 4.54. The standard InChI is InChI=1S/C18H23N7O/c1-12-8-19-17(26-12)11-23(2)14-9-24(10-14)16-7-6-15-20-21-18(25(15)22-16)13-4-3-5-13/h6-8,13-14H,3-5,9-11H2,1-2H3. The monoisotopic (exact) mass is 353 g/mol. The highest BCUT2D eigenvalue weighted by molar-refractivity contribution is 5.48. The lowest BCUT2D eigenvalue weighted by molar-refractivity contribution is 0.179. The van der Waals surface area contributed by atoms with Crippen molar-refractivity contribution in [2.45, 2.75) is 44.7 Å². The first-order valence-electron chi connectivity index (χ1n) is 9.26. The molecular weight excluding hydrogens is 330 g/mol. The van der Waals surface area contributed by atoms with E-state index in [1.807, 2.05) is 23.6 Å². The summed E-state index contributed by atoms with van der Waals surface area (Å²) in [6.45, 7) is 4.56. The quantitative estimate of drug-likeness (QED) is 0.694. The summed E-state index contributed by atoms with van der Waals surface area (Å²) in [4.78, 5) is 8.88. The molecule has 1 aliphatic carbocycles. The molecule has 2 fully saturated rings. The van der Waals surface area contributed by atoms with Crippen LogP contribution in [0.1, 0.15) is 42.7 Å². The van der Waals surface area contributed by atoms with Crippen LogP contribution in [0.15, 0.2) is 22.7 Å². The van der Waals surface area contributed by atoms with Gasteiger partial charge in [-0.15, -0.1) is 15.3 Å². The molecule has 8 nitrogen and oxygen atoms in total. The first-order chi connectivity index (χ1) is 12.7. The molecule has 2 aliphatic rings. The third kappa shape index (κ3) is 2.65. The van der Waals surface area contributed by atoms with Gasteiger partial charge in [0.25, 0.3) is 0 Å². The number of aryl methyl sites for hydroxylation is 1. The van der Waals surface area contributed by atoms with Gasteiger partial charge in [-0.2, -0.15) is 4.52 Å². The van der Waals surface area contributed by atoms with Crippen molar-refractivity contribution in [3.05, 3.63) is 35.8 Å². The van der Waals surface area contributed by atoms with E-state index in [-0.39, 0.29) is 0 Å². The predicted octanol–water partition coefficient (Wildman–Crippen LogP) is 2.01. The normalized spacial score (nSPS) is 18.5. The Morgan fingerprint density at radius 3 is 2.77 bits per heavy atom. The van der Waals surface area contributed by atoms with Crippen LogP contribution in [0.4, 0.5) is 5.82 Å². The molecule has 136 valence electrons. The van der Waals surface area contributed by atoms with Gasteiger partial charge in [0.1, 0.15) is 11.6 Å². The van der Waals surface area contributed by atoms with Crippen LogP contribution in [0.5, 0.6) is 0 Å². The Bertz CT molecular complexity index is 923. The van der Waals surface area contributed by atoms with Gasteiger partial charge in [0.15, 0.2) is 11.5 Å². The lowest BCUT2D eigenvalue weighted by atomic mass is 9.85. The molecule has 0 spiro atoms. The molecule has 0 atom stereocenters. The molecule has 5 rings (SSSR count). The molecular formula is C18H23N7O. The number of fused-ring (bicyclic) bond motifs is 1. The Morgan fingerprint density at radius 2 is 2.08 bits per heavy atom. The highest BCUT2D eigenvalue weighted by atomic mass is 16.4. The van der Waals surface area contributed by atoms with Crippen molar-refractivity contribution in [1.29, 1.82) is 0 Å². The fraction of sp³-hybridized carbons (Fsp3) is 0.556. The lowest BCUT2D eigenvalue weighted by Crippen LogP contribution is -2.58. The summed E-state index contributed by atoms with van der Waals surface area (Å²) in [6.07, 6.45) is 5.45. The maximum absolute atomic E-state index is 5.58. The fourth-order valence-electron chi connectivity index (χ4n) is 3.62. The molecule has 0 amide bonds. The summed E-state index contributed by atoms with van der Waals surface area (Å²) in [5.74, 6) is 4.17. The molecule has 0 radical (unpaired) electrons. The molecule has 0 N–H and O–H groups in total. The van der Waals surface area contributed by atoms with Gasteiger partial charge in [0, 0.05) is 25.0 Å². The maximum Gasteiger partial charge on any atom is 0.208 e. The summed E-state index contributed by atoms with van der Waals surface area (Å²) in [5, 5.41) is 13.4. The van der Waals surface area contributed by atoms with Crippen LogP contribution in [0, 0.1) is 6.92 Å². The summed E-state index contributed by atoms with van der Waals surface area (Å²) in [5.41, 5.74) is 0.837. The largest absolute Gasteiger partial charge is 0.445 e. The van der Waals surface area contributed by atoms with Crippen LogP contribution in [-0.4, -0.2) is 55.9 Å². The van der Waals surface area contributed by atoms with Crippen LogP contribution in [-0.2, 0) is 6.54 Å². The number of hydrogen-bond donors (Lipinski definition) is 0. The van der Waals surface area contributed by atoms with E-state index in [0.717, 1.165) is 48.6 Å². The minimum absolute atomic E-state index is 0.478. The molecule has 0 bridgehead atoms. The van der Waals surface area contributed by atoms with Gasteiger partial charge in [0.05, 0.1) is 12.7 Å². The Labute approximate surface area is 151 Å². The highest BCUT2D eigenvalue weighted by Crippen LogP contribution is 2.35. The SMILES string of the molecule is Cc1cnc(CN(C)C2CN(c3ccc4nnc(C5CCC5)n4n3)C2)o1. The second-order valence-electron chi connectivity index (χ2n) is 7.49.